The van der Waals surface area contributed by atoms with Gasteiger partial charge in [0.2, 0.25) is 0 Å². The van der Waals surface area contributed by atoms with Crippen LogP contribution in [0.25, 0.3) is 22.2 Å². The maximum Gasteiger partial charge on any atom is 0.174 e. The molecule has 1 aliphatic heterocycles. The third-order valence-electron chi connectivity index (χ3n) is 5.81. The molecule has 0 aliphatic carbocycles. The summed E-state index contributed by atoms with van der Waals surface area (Å²) >= 11 is 0. The van der Waals surface area contributed by atoms with Gasteiger partial charge in [0.25, 0.3) is 0 Å². The van der Waals surface area contributed by atoms with Gasteiger partial charge in [0.05, 0.1) is 0 Å². The minimum atomic E-state index is -0.584. The lowest BCUT2D eigenvalue weighted by molar-refractivity contribution is 0.0662. The van der Waals surface area contributed by atoms with E-state index in [0.29, 0.717) is 23.6 Å². The average molecular weight is 448 g/mol. The van der Waals surface area contributed by atoms with Gasteiger partial charge in [-0.15, -0.1) is 0 Å². The average Bonchev–Trinajstić information content (AvgIpc) is 3.27. The Morgan fingerprint density at radius 3 is 2.61 bits per heavy atom. The summed E-state index contributed by atoms with van der Waals surface area (Å²) in [6.45, 7) is 4.29. The van der Waals surface area contributed by atoms with E-state index in [-0.39, 0.29) is 12.4 Å². The Morgan fingerprint density at radius 2 is 1.85 bits per heavy atom. The minimum Gasteiger partial charge on any atom is -0.491 e. The van der Waals surface area contributed by atoms with Crippen LogP contribution in [-0.2, 0) is 0 Å². The highest BCUT2D eigenvalue weighted by molar-refractivity contribution is 5.91. The molecule has 2 aromatic carbocycles. The number of hydrogen-bond donors (Lipinski definition) is 1. The molecule has 2 aromatic heterocycles. The van der Waals surface area contributed by atoms with Crippen LogP contribution in [0.5, 0.6) is 5.75 Å². The van der Waals surface area contributed by atoms with Crippen LogP contribution in [0.4, 0.5) is 10.2 Å². The topological polar surface area (TPSA) is 74.9 Å². The van der Waals surface area contributed by atoms with E-state index in [1.54, 1.807) is 6.07 Å². The van der Waals surface area contributed by atoms with Crippen LogP contribution in [-0.4, -0.2) is 65.6 Å². The summed E-state index contributed by atoms with van der Waals surface area (Å²) in [5.74, 6) is 1.89. The quantitative estimate of drug-likeness (QED) is 0.463. The second-order valence-corrected chi connectivity index (χ2v) is 8.14. The van der Waals surface area contributed by atoms with E-state index in [1.165, 1.54) is 12.1 Å². The van der Waals surface area contributed by atoms with Gasteiger partial charge >= 0.3 is 0 Å². The SMILES string of the molecule is OC(COc1ccc(-c2onc3cc(F)ccc23)cc1)CN1CCN(c2ccccn2)CC1. The lowest BCUT2D eigenvalue weighted by Gasteiger charge is -2.36. The van der Waals surface area contributed by atoms with Crippen molar-refractivity contribution in [2.75, 3.05) is 44.2 Å². The van der Waals surface area contributed by atoms with Gasteiger partial charge in [-0.05, 0) is 48.5 Å². The fourth-order valence-corrected chi connectivity index (χ4v) is 4.07. The first kappa shape index (κ1) is 21.4. The number of rotatable bonds is 7. The molecule has 0 spiro atoms. The van der Waals surface area contributed by atoms with Crippen molar-refractivity contribution >= 4 is 16.7 Å². The normalized spacial score (nSPS) is 15.6. The number of aliphatic hydroxyl groups is 1. The molecule has 170 valence electrons. The van der Waals surface area contributed by atoms with E-state index in [1.807, 2.05) is 48.7 Å². The maximum absolute atomic E-state index is 13.4. The molecule has 5 rings (SSSR count). The van der Waals surface area contributed by atoms with E-state index >= 15 is 0 Å². The number of aromatic nitrogens is 2. The Hall–Kier alpha value is -3.49. The Balaban J connectivity index is 1.11. The molecule has 0 bridgehead atoms. The van der Waals surface area contributed by atoms with Gasteiger partial charge in [0.1, 0.15) is 35.6 Å². The zero-order valence-electron chi connectivity index (χ0n) is 18.1. The van der Waals surface area contributed by atoms with Crippen molar-refractivity contribution < 1.29 is 18.8 Å². The van der Waals surface area contributed by atoms with E-state index in [4.69, 9.17) is 9.26 Å². The molecule has 0 radical (unpaired) electrons. The van der Waals surface area contributed by atoms with Gasteiger partial charge in [-0.3, -0.25) is 4.90 Å². The third kappa shape index (κ3) is 4.97. The number of benzene rings is 2. The largest absolute Gasteiger partial charge is 0.491 e. The van der Waals surface area contributed by atoms with Crippen LogP contribution in [0.3, 0.4) is 0 Å². The Labute approximate surface area is 191 Å². The molecule has 1 saturated heterocycles. The number of β-amino-alcohol motifs (C(OH)–C–C–N with tert-alkyl or cyclic N) is 1. The monoisotopic (exact) mass is 448 g/mol. The first-order chi connectivity index (χ1) is 16.2. The van der Waals surface area contributed by atoms with Crippen molar-refractivity contribution in [1.82, 2.24) is 15.0 Å². The van der Waals surface area contributed by atoms with E-state index in [9.17, 15) is 9.50 Å². The predicted molar refractivity (Wildman–Crippen MR) is 124 cm³/mol. The summed E-state index contributed by atoms with van der Waals surface area (Å²) in [5, 5.41) is 15.1. The standard InChI is InChI=1S/C25H25FN4O3/c26-19-6-9-22-23(15-19)28-33-25(22)18-4-7-21(8-5-18)32-17-20(31)16-29-11-13-30(14-12-29)24-3-1-2-10-27-24/h1-10,15,20,31H,11-14,16-17H2. The van der Waals surface area contributed by atoms with Crippen LogP contribution in [0, 0.1) is 5.82 Å². The highest BCUT2D eigenvalue weighted by Gasteiger charge is 2.20. The molecular formula is C25H25FN4O3. The molecule has 1 unspecified atom stereocenters. The lowest BCUT2D eigenvalue weighted by Crippen LogP contribution is -2.49. The molecule has 4 aromatic rings. The number of nitrogens with zero attached hydrogens (tertiary/aromatic N) is 4. The third-order valence-corrected chi connectivity index (χ3v) is 5.81. The summed E-state index contributed by atoms with van der Waals surface area (Å²) in [4.78, 5) is 8.91. The number of aliphatic hydroxyl groups excluding tert-OH is 1. The molecule has 1 fully saturated rings. The van der Waals surface area contributed by atoms with Crippen molar-refractivity contribution in [1.29, 1.82) is 0 Å². The van der Waals surface area contributed by atoms with Crippen molar-refractivity contribution in [2.24, 2.45) is 0 Å². The van der Waals surface area contributed by atoms with Gasteiger partial charge in [-0.2, -0.15) is 0 Å². The lowest BCUT2D eigenvalue weighted by atomic mass is 10.1. The summed E-state index contributed by atoms with van der Waals surface area (Å²) in [5.41, 5.74) is 1.30. The summed E-state index contributed by atoms with van der Waals surface area (Å²) < 4.78 is 24.5. The fraction of sp³-hybridized carbons (Fsp3) is 0.280. The molecule has 0 amide bonds. The number of anilines is 1. The molecule has 7 nitrogen and oxygen atoms in total. The molecule has 8 heteroatoms. The zero-order chi connectivity index (χ0) is 22.6. The Morgan fingerprint density at radius 1 is 1.03 bits per heavy atom. The highest BCUT2D eigenvalue weighted by atomic mass is 19.1. The second-order valence-electron chi connectivity index (χ2n) is 8.14. The second kappa shape index (κ2) is 9.56. The number of piperazine rings is 1. The fourth-order valence-electron chi connectivity index (χ4n) is 4.07. The number of halogens is 1. The van der Waals surface area contributed by atoms with E-state index in [2.05, 4.69) is 19.9 Å². The zero-order valence-corrected chi connectivity index (χ0v) is 18.1. The summed E-state index contributed by atoms with van der Waals surface area (Å²) in [6.07, 6.45) is 1.23. The summed E-state index contributed by atoms with van der Waals surface area (Å²) in [6, 6.07) is 17.7. The van der Waals surface area contributed by atoms with Crippen LogP contribution in [0.1, 0.15) is 0 Å². The minimum absolute atomic E-state index is 0.213. The predicted octanol–water partition coefficient (Wildman–Crippen LogP) is 3.59. The molecular weight excluding hydrogens is 423 g/mol. The summed E-state index contributed by atoms with van der Waals surface area (Å²) in [7, 11) is 0. The molecule has 1 aliphatic rings. The highest BCUT2D eigenvalue weighted by Crippen LogP contribution is 2.30. The number of fused-ring (bicyclic) bond motifs is 1. The van der Waals surface area contributed by atoms with E-state index < -0.39 is 6.10 Å². The molecule has 1 N–H and O–H groups in total. The van der Waals surface area contributed by atoms with Crippen molar-refractivity contribution in [3.05, 3.63) is 72.7 Å². The maximum atomic E-state index is 13.4. The Bertz CT molecular complexity index is 1190. The van der Waals surface area contributed by atoms with Gasteiger partial charge in [-0.25, -0.2) is 9.37 Å². The molecule has 3 heterocycles. The molecule has 33 heavy (non-hydrogen) atoms. The number of hydrogen-bond acceptors (Lipinski definition) is 7. The molecule has 0 saturated carbocycles. The van der Waals surface area contributed by atoms with Crippen LogP contribution < -0.4 is 9.64 Å². The smallest absolute Gasteiger partial charge is 0.174 e. The van der Waals surface area contributed by atoms with Gasteiger partial charge in [0, 0.05) is 55.9 Å². The van der Waals surface area contributed by atoms with Crippen molar-refractivity contribution in [3.63, 3.8) is 0 Å². The van der Waals surface area contributed by atoms with Crippen LogP contribution >= 0.6 is 0 Å². The van der Waals surface area contributed by atoms with Crippen LogP contribution in [0.15, 0.2) is 71.4 Å². The van der Waals surface area contributed by atoms with Gasteiger partial charge in [-0.1, -0.05) is 11.2 Å². The number of ether oxygens (including phenoxy) is 1. The first-order valence-electron chi connectivity index (χ1n) is 11.0. The van der Waals surface area contributed by atoms with Crippen molar-refractivity contribution in [3.8, 4) is 17.1 Å². The van der Waals surface area contributed by atoms with Gasteiger partial charge < -0.3 is 19.3 Å². The van der Waals surface area contributed by atoms with E-state index in [0.717, 1.165) is 42.9 Å². The van der Waals surface area contributed by atoms with Crippen molar-refractivity contribution in [2.45, 2.75) is 6.10 Å². The number of pyridine rings is 1. The van der Waals surface area contributed by atoms with Crippen LogP contribution in [0.2, 0.25) is 0 Å². The Kier molecular flexibility index (Phi) is 6.19. The van der Waals surface area contributed by atoms with Gasteiger partial charge in [0.15, 0.2) is 5.76 Å². The first-order valence-corrected chi connectivity index (χ1v) is 11.0. The molecule has 1 atom stereocenters.